The van der Waals surface area contributed by atoms with Crippen molar-refractivity contribution in [2.45, 2.75) is 32.6 Å². The van der Waals surface area contributed by atoms with E-state index in [1.54, 1.807) is 41.3 Å². The second-order valence-electron chi connectivity index (χ2n) is 8.03. The Balaban J connectivity index is 1.89. The molecular formula is C26H26ClNO3. The molecule has 0 saturated carbocycles. The lowest BCUT2D eigenvalue weighted by Crippen LogP contribution is -2.32. The lowest BCUT2D eigenvalue weighted by Gasteiger charge is -2.27. The smallest absolute Gasteiger partial charge is 0.258 e. The number of carbonyl (C=O) groups is 2. The predicted octanol–water partition coefficient (Wildman–Crippen LogP) is 6.15. The molecule has 31 heavy (non-hydrogen) atoms. The maximum atomic E-state index is 13.3. The fraction of sp³-hybridized carbons (Fsp3) is 0.231. The van der Waals surface area contributed by atoms with Crippen LogP contribution in [0.25, 0.3) is 0 Å². The van der Waals surface area contributed by atoms with Crippen LogP contribution in [-0.4, -0.2) is 22.8 Å². The van der Waals surface area contributed by atoms with Crippen molar-refractivity contribution in [2.75, 3.05) is 11.4 Å². The minimum absolute atomic E-state index is 0.130. The van der Waals surface area contributed by atoms with Gasteiger partial charge in [-0.25, -0.2) is 0 Å². The van der Waals surface area contributed by atoms with Gasteiger partial charge in [-0.1, -0.05) is 51.1 Å². The number of phenols is 1. The SMILES string of the molecule is CCCN(C(=O)c1ccc(C(C)(C)c2ccc(O)cc2)cc1)c1cccc(C(=O)Cl)c1. The van der Waals surface area contributed by atoms with Gasteiger partial charge in [-0.15, -0.1) is 0 Å². The second-order valence-corrected chi connectivity index (χ2v) is 8.37. The molecular weight excluding hydrogens is 410 g/mol. The normalized spacial score (nSPS) is 11.2. The van der Waals surface area contributed by atoms with Crippen molar-refractivity contribution in [3.05, 3.63) is 95.1 Å². The Morgan fingerprint density at radius 3 is 2.03 bits per heavy atom. The van der Waals surface area contributed by atoms with E-state index < -0.39 is 5.24 Å². The fourth-order valence-corrected chi connectivity index (χ4v) is 3.72. The number of phenolic OH excluding ortho intramolecular Hbond substituents is 1. The topological polar surface area (TPSA) is 57.6 Å². The molecule has 0 heterocycles. The number of amides is 1. The summed E-state index contributed by atoms with van der Waals surface area (Å²) in [5, 5.41) is 9.01. The third kappa shape index (κ3) is 4.97. The van der Waals surface area contributed by atoms with Gasteiger partial charge in [-0.05, 0) is 71.6 Å². The van der Waals surface area contributed by atoms with E-state index in [9.17, 15) is 14.7 Å². The highest BCUT2D eigenvalue weighted by Crippen LogP contribution is 2.32. The highest BCUT2D eigenvalue weighted by molar-refractivity contribution is 6.67. The zero-order valence-electron chi connectivity index (χ0n) is 17.9. The van der Waals surface area contributed by atoms with Gasteiger partial charge < -0.3 is 10.0 Å². The zero-order chi connectivity index (χ0) is 22.6. The molecule has 5 heteroatoms. The van der Waals surface area contributed by atoms with Crippen LogP contribution < -0.4 is 4.90 Å². The monoisotopic (exact) mass is 435 g/mol. The third-order valence-electron chi connectivity index (χ3n) is 5.52. The molecule has 0 bridgehead atoms. The Hall–Kier alpha value is -3.11. The van der Waals surface area contributed by atoms with Crippen molar-refractivity contribution in [1.29, 1.82) is 0 Å². The quantitative estimate of drug-likeness (QED) is 0.452. The third-order valence-corrected chi connectivity index (χ3v) is 5.74. The first-order valence-corrected chi connectivity index (χ1v) is 10.6. The molecule has 3 aromatic carbocycles. The lowest BCUT2D eigenvalue weighted by atomic mass is 9.78. The summed E-state index contributed by atoms with van der Waals surface area (Å²) in [5.41, 5.74) is 3.42. The first-order valence-electron chi connectivity index (χ1n) is 10.3. The van der Waals surface area contributed by atoms with E-state index in [0.717, 1.165) is 17.5 Å². The van der Waals surface area contributed by atoms with Crippen molar-refractivity contribution in [2.24, 2.45) is 0 Å². The van der Waals surface area contributed by atoms with Gasteiger partial charge in [0.1, 0.15) is 5.75 Å². The van der Waals surface area contributed by atoms with Crippen molar-refractivity contribution < 1.29 is 14.7 Å². The summed E-state index contributed by atoms with van der Waals surface area (Å²) in [4.78, 5) is 26.5. The van der Waals surface area contributed by atoms with Crippen LogP contribution in [0.1, 0.15) is 59.0 Å². The molecule has 0 spiro atoms. The molecule has 3 rings (SSSR count). The second kappa shape index (κ2) is 9.36. The minimum atomic E-state index is -0.549. The number of halogens is 1. The zero-order valence-corrected chi connectivity index (χ0v) is 18.7. The number of rotatable bonds is 7. The van der Waals surface area contributed by atoms with Crippen molar-refractivity contribution in [3.8, 4) is 5.75 Å². The Bertz CT molecular complexity index is 1070. The summed E-state index contributed by atoms with van der Waals surface area (Å²) in [6.07, 6.45) is 0.775. The van der Waals surface area contributed by atoms with E-state index in [1.807, 2.05) is 43.3 Å². The number of benzene rings is 3. The maximum Gasteiger partial charge on any atom is 0.258 e. The molecule has 160 valence electrons. The van der Waals surface area contributed by atoms with Gasteiger partial charge in [0.25, 0.3) is 11.1 Å². The Morgan fingerprint density at radius 1 is 0.903 bits per heavy atom. The molecule has 0 aliphatic heterocycles. The highest BCUT2D eigenvalue weighted by atomic mass is 35.5. The van der Waals surface area contributed by atoms with Crippen LogP contribution in [0.5, 0.6) is 5.75 Å². The van der Waals surface area contributed by atoms with Gasteiger partial charge in [0.2, 0.25) is 0 Å². The maximum absolute atomic E-state index is 13.3. The number of anilines is 1. The van der Waals surface area contributed by atoms with Crippen LogP contribution in [0.3, 0.4) is 0 Å². The summed E-state index contributed by atoms with van der Waals surface area (Å²) in [5.74, 6) is 0.103. The molecule has 1 N–H and O–H groups in total. The summed E-state index contributed by atoms with van der Waals surface area (Å²) in [6, 6.07) is 21.6. The standard InChI is InChI=1S/C26H26ClNO3/c1-4-16-28(22-7-5-6-19(17-22)24(27)30)25(31)18-8-10-20(11-9-18)26(2,3)21-12-14-23(29)15-13-21/h5-15,17,29H,4,16H2,1-3H3. The Morgan fingerprint density at radius 2 is 1.48 bits per heavy atom. The van der Waals surface area contributed by atoms with E-state index in [2.05, 4.69) is 13.8 Å². The largest absolute Gasteiger partial charge is 0.508 e. The van der Waals surface area contributed by atoms with Crippen LogP contribution in [0, 0.1) is 0 Å². The predicted molar refractivity (Wildman–Crippen MR) is 125 cm³/mol. The minimum Gasteiger partial charge on any atom is -0.508 e. The van der Waals surface area contributed by atoms with Crippen molar-refractivity contribution in [1.82, 2.24) is 0 Å². The molecule has 4 nitrogen and oxygen atoms in total. The highest BCUT2D eigenvalue weighted by Gasteiger charge is 2.24. The summed E-state index contributed by atoms with van der Waals surface area (Å²) >= 11 is 5.62. The first-order chi connectivity index (χ1) is 14.7. The van der Waals surface area contributed by atoms with Crippen LogP contribution in [0.15, 0.2) is 72.8 Å². The van der Waals surface area contributed by atoms with Gasteiger partial charge in [-0.3, -0.25) is 9.59 Å². The number of hydrogen-bond acceptors (Lipinski definition) is 3. The average molecular weight is 436 g/mol. The van der Waals surface area contributed by atoms with Crippen molar-refractivity contribution in [3.63, 3.8) is 0 Å². The van der Waals surface area contributed by atoms with E-state index in [4.69, 9.17) is 11.6 Å². The van der Waals surface area contributed by atoms with Gasteiger partial charge >= 0.3 is 0 Å². The number of hydrogen-bond donors (Lipinski definition) is 1. The Labute approximate surface area is 188 Å². The molecule has 0 aliphatic rings. The molecule has 0 fully saturated rings. The van der Waals surface area contributed by atoms with Crippen LogP contribution in [0.4, 0.5) is 5.69 Å². The summed E-state index contributed by atoms with van der Waals surface area (Å²) in [7, 11) is 0. The van der Waals surface area contributed by atoms with Crippen LogP contribution >= 0.6 is 11.6 Å². The van der Waals surface area contributed by atoms with E-state index >= 15 is 0 Å². The molecule has 0 aromatic heterocycles. The molecule has 0 radical (unpaired) electrons. The van der Waals surface area contributed by atoms with Crippen LogP contribution in [-0.2, 0) is 5.41 Å². The average Bonchev–Trinajstić information content (AvgIpc) is 2.77. The molecule has 1 amide bonds. The summed E-state index contributed by atoms with van der Waals surface area (Å²) < 4.78 is 0. The van der Waals surface area contributed by atoms with E-state index in [1.165, 1.54) is 0 Å². The van der Waals surface area contributed by atoms with Crippen LogP contribution in [0.2, 0.25) is 0 Å². The number of aromatic hydroxyl groups is 1. The molecule has 0 unspecified atom stereocenters. The molecule has 3 aromatic rings. The molecule has 0 saturated heterocycles. The van der Waals surface area contributed by atoms with E-state index in [-0.39, 0.29) is 17.1 Å². The van der Waals surface area contributed by atoms with Gasteiger partial charge in [0, 0.05) is 28.8 Å². The number of carbonyl (C=O) groups excluding carboxylic acids is 2. The fourth-order valence-electron chi connectivity index (χ4n) is 3.60. The first kappa shape index (κ1) is 22.6. The van der Waals surface area contributed by atoms with Gasteiger partial charge in [-0.2, -0.15) is 0 Å². The molecule has 0 aliphatic carbocycles. The summed E-state index contributed by atoms with van der Waals surface area (Å²) in [6.45, 7) is 6.74. The Kier molecular flexibility index (Phi) is 6.81. The molecule has 0 atom stereocenters. The van der Waals surface area contributed by atoms with Gasteiger partial charge in [0.15, 0.2) is 0 Å². The lowest BCUT2D eigenvalue weighted by molar-refractivity contribution is 0.0985. The van der Waals surface area contributed by atoms with Crippen molar-refractivity contribution >= 4 is 28.4 Å². The van der Waals surface area contributed by atoms with Gasteiger partial charge in [0.05, 0.1) is 0 Å². The number of nitrogens with zero attached hydrogens (tertiary/aromatic N) is 1. The van der Waals surface area contributed by atoms with E-state index in [0.29, 0.717) is 23.4 Å².